The molecule has 29 heavy (non-hydrogen) atoms. The zero-order valence-corrected chi connectivity index (χ0v) is 15.8. The van der Waals surface area contributed by atoms with Crippen molar-refractivity contribution < 1.29 is 21.9 Å². The summed E-state index contributed by atoms with van der Waals surface area (Å²) >= 11 is 0. The highest BCUT2D eigenvalue weighted by atomic mass is 32.2. The van der Waals surface area contributed by atoms with Crippen LogP contribution in [-0.4, -0.2) is 58.4 Å². The van der Waals surface area contributed by atoms with Gasteiger partial charge in [-0.05, 0) is 22.9 Å². The van der Waals surface area contributed by atoms with Crippen molar-refractivity contribution in [3.05, 3.63) is 42.2 Å². The van der Waals surface area contributed by atoms with Gasteiger partial charge in [-0.2, -0.15) is 14.0 Å². The average Bonchev–Trinajstić information content (AvgIpc) is 3.20. The SMILES string of the molecule is CS(=O)(=O)NCC(Nc1ncc(-c2nn[nH]n2)cn1)c1ccc(OC(F)F)cc1. The molecule has 3 N–H and O–H groups in total. The molecule has 3 rings (SSSR count). The lowest BCUT2D eigenvalue weighted by molar-refractivity contribution is -0.0498. The van der Waals surface area contributed by atoms with E-state index in [2.05, 4.69) is 45.4 Å². The van der Waals surface area contributed by atoms with E-state index in [9.17, 15) is 17.2 Å². The van der Waals surface area contributed by atoms with Crippen LogP contribution >= 0.6 is 0 Å². The summed E-state index contributed by atoms with van der Waals surface area (Å²) < 4.78 is 54.3. The molecule has 154 valence electrons. The summed E-state index contributed by atoms with van der Waals surface area (Å²) in [7, 11) is -3.46. The van der Waals surface area contributed by atoms with Crippen LogP contribution in [-0.2, 0) is 10.0 Å². The Morgan fingerprint density at radius 3 is 2.41 bits per heavy atom. The Morgan fingerprint density at radius 2 is 1.86 bits per heavy atom. The maximum Gasteiger partial charge on any atom is 0.387 e. The van der Waals surface area contributed by atoms with E-state index < -0.39 is 22.7 Å². The normalized spacial score (nSPS) is 12.7. The number of nitrogens with one attached hydrogen (secondary N) is 3. The van der Waals surface area contributed by atoms with Gasteiger partial charge in [-0.25, -0.2) is 23.1 Å². The quantitative estimate of drug-likeness (QED) is 0.455. The molecule has 0 aliphatic heterocycles. The van der Waals surface area contributed by atoms with Crippen molar-refractivity contribution in [2.24, 2.45) is 0 Å². The molecule has 3 aromatic rings. The standard InChI is InChI=1S/C15H16F2N8O3S/c1-29(26,27)20-8-12(9-2-4-11(5-3-9)28-14(16)17)21-15-18-6-10(7-19-15)13-22-24-25-23-13/h2-7,12,14,20H,8H2,1H3,(H,18,19,21)(H,22,23,24,25). The molecule has 1 aromatic carbocycles. The first-order valence-corrected chi connectivity index (χ1v) is 10.0. The summed E-state index contributed by atoms with van der Waals surface area (Å²) in [5.74, 6) is 0.520. The summed E-state index contributed by atoms with van der Waals surface area (Å²) in [6, 6.07) is 5.20. The van der Waals surface area contributed by atoms with Crippen LogP contribution in [0.5, 0.6) is 5.75 Å². The number of aromatic nitrogens is 6. The van der Waals surface area contributed by atoms with E-state index in [-0.39, 0.29) is 18.2 Å². The average molecular weight is 426 g/mol. The summed E-state index contributed by atoms with van der Waals surface area (Å²) in [5.41, 5.74) is 1.14. The smallest absolute Gasteiger partial charge is 0.387 e. The highest BCUT2D eigenvalue weighted by Gasteiger charge is 2.16. The molecule has 1 atom stereocenters. The molecule has 0 radical (unpaired) electrons. The van der Waals surface area contributed by atoms with Crippen molar-refractivity contribution in [1.29, 1.82) is 0 Å². The van der Waals surface area contributed by atoms with Crippen molar-refractivity contribution in [3.63, 3.8) is 0 Å². The fourth-order valence-electron chi connectivity index (χ4n) is 2.33. The number of nitrogens with zero attached hydrogens (tertiary/aromatic N) is 5. The van der Waals surface area contributed by atoms with E-state index in [1.165, 1.54) is 36.7 Å². The van der Waals surface area contributed by atoms with E-state index in [0.29, 0.717) is 17.0 Å². The molecule has 14 heteroatoms. The highest BCUT2D eigenvalue weighted by Crippen LogP contribution is 2.22. The molecule has 11 nitrogen and oxygen atoms in total. The van der Waals surface area contributed by atoms with Crippen LogP contribution in [0.15, 0.2) is 36.7 Å². The Labute approximate surface area is 164 Å². The van der Waals surface area contributed by atoms with Crippen molar-refractivity contribution in [2.45, 2.75) is 12.7 Å². The third kappa shape index (κ3) is 6.11. The second-order valence-corrected chi connectivity index (χ2v) is 7.63. The summed E-state index contributed by atoms with van der Waals surface area (Å²) in [4.78, 5) is 8.31. The predicted octanol–water partition coefficient (Wildman–Crippen LogP) is 0.960. The number of rotatable bonds is 9. The number of ether oxygens (including phenoxy) is 1. The monoisotopic (exact) mass is 426 g/mol. The number of hydrogen-bond acceptors (Lipinski definition) is 9. The molecular weight excluding hydrogens is 410 g/mol. The number of H-pyrrole nitrogens is 1. The minimum Gasteiger partial charge on any atom is -0.435 e. The van der Waals surface area contributed by atoms with Crippen molar-refractivity contribution in [2.75, 3.05) is 18.1 Å². The lowest BCUT2D eigenvalue weighted by atomic mass is 10.1. The minimum atomic E-state index is -3.46. The minimum absolute atomic E-state index is 0.0145. The number of halogens is 2. The molecule has 0 aliphatic carbocycles. The van der Waals surface area contributed by atoms with E-state index >= 15 is 0 Å². The molecule has 0 spiro atoms. The Morgan fingerprint density at radius 1 is 1.17 bits per heavy atom. The van der Waals surface area contributed by atoms with E-state index in [1.54, 1.807) is 0 Å². The molecule has 2 aromatic heterocycles. The molecule has 0 bridgehead atoms. The van der Waals surface area contributed by atoms with Gasteiger partial charge in [0.2, 0.25) is 21.8 Å². The number of sulfonamides is 1. The van der Waals surface area contributed by atoms with Crippen molar-refractivity contribution in [1.82, 2.24) is 35.3 Å². The largest absolute Gasteiger partial charge is 0.435 e. The number of tetrazole rings is 1. The van der Waals surface area contributed by atoms with Crippen LogP contribution in [0.1, 0.15) is 11.6 Å². The summed E-state index contributed by atoms with van der Waals surface area (Å²) in [6.45, 7) is -2.96. The first-order chi connectivity index (χ1) is 13.8. The Balaban J connectivity index is 1.77. The van der Waals surface area contributed by atoms with E-state index in [0.717, 1.165) is 6.26 Å². The number of anilines is 1. The molecular formula is C15H16F2N8O3S. The highest BCUT2D eigenvalue weighted by molar-refractivity contribution is 7.88. The Kier molecular flexibility index (Phi) is 6.23. The summed E-state index contributed by atoms with van der Waals surface area (Å²) in [5, 5.41) is 16.4. The number of hydrogen-bond donors (Lipinski definition) is 3. The van der Waals surface area contributed by atoms with Gasteiger partial charge in [0, 0.05) is 18.9 Å². The number of aromatic amines is 1. The fraction of sp³-hybridized carbons (Fsp3) is 0.267. The zero-order valence-electron chi connectivity index (χ0n) is 15.0. The maximum absolute atomic E-state index is 12.3. The van der Waals surface area contributed by atoms with Gasteiger partial charge >= 0.3 is 6.61 Å². The van der Waals surface area contributed by atoms with Crippen LogP contribution in [0.4, 0.5) is 14.7 Å². The molecule has 0 amide bonds. The summed E-state index contributed by atoms with van der Waals surface area (Å²) in [6.07, 6.45) is 3.97. The zero-order chi connectivity index (χ0) is 20.9. The molecule has 0 aliphatic rings. The second-order valence-electron chi connectivity index (χ2n) is 5.80. The van der Waals surface area contributed by atoms with Crippen molar-refractivity contribution >= 4 is 16.0 Å². The van der Waals surface area contributed by atoms with Gasteiger partial charge in [-0.15, -0.1) is 10.2 Å². The molecule has 0 fully saturated rings. The first kappa shape index (κ1) is 20.5. The first-order valence-electron chi connectivity index (χ1n) is 8.12. The van der Waals surface area contributed by atoms with Gasteiger partial charge < -0.3 is 10.1 Å². The molecule has 0 saturated heterocycles. The Hall–Kier alpha value is -3.26. The predicted molar refractivity (Wildman–Crippen MR) is 97.5 cm³/mol. The van der Waals surface area contributed by atoms with Gasteiger partial charge in [0.1, 0.15) is 5.75 Å². The third-order valence-electron chi connectivity index (χ3n) is 3.62. The third-order valence-corrected chi connectivity index (χ3v) is 4.31. The lowest BCUT2D eigenvalue weighted by Gasteiger charge is -2.19. The molecule has 0 saturated carbocycles. The van der Waals surface area contributed by atoms with Crippen LogP contribution < -0.4 is 14.8 Å². The van der Waals surface area contributed by atoms with Crippen LogP contribution in [0, 0.1) is 0 Å². The van der Waals surface area contributed by atoms with Gasteiger partial charge in [-0.1, -0.05) is 12.1 Å². The van der Waals surface area contributed by atoms with Crippen LogP contribution in [0.2, 0.25) is 0 Å². The van der Waals surface area contributed by atoms with Crippen LogP contribution in [0.25, 0.3) is 11.4 Å². The maximum atomic E-state index is 12.3. The van der Waals surface area contributed by atoms with E-state index in [4.69, 9.17) is 0 Å². The molecule has 2 heterocycles. The van der Waals surface area contributed by atoms with Crippen molar-refractivity contribution in [3.8, 4) is 17.1 Å². The number of benzene rings is 1. The van der Waals surface area contributed by atoms with Crippen LogP contribution in [0.3, 0.4) is 0 Å². The fourth-order valence-corrected chi connectivity index (χ4v) is 2.80. The van der Waals surface area contributed by atoms with Gasteiger partial charge in [-0.3, -0.25) is 0 Å². The second kappa shape index (κ2) is 8.83. The van der Waals surface area contributed by atoms with E-state index in [1.807, 2.05) is 0 Å². The van der Waals surface area contributed by atoms with Gasteiger partial charge in [0.15, 0.2) is 0 Å². The lowest BCUT2D eigenvalue weighted by Crippen LogP contribution is -2.31. The topological polar surface area (TPSA) is 148 Å². The molecule has 1 unspecified atom stereocenters. The number of alkyl halides is 2. The van der Waals surface area contributed by atoms with Gasteiger partial charge in [0.05, 0.1) is 17.9 Å². The Bertz CT molecular complexity index is 1010. The van der Waals surface area contributed by atoms with Gasteiger partial charge in [0.25, 0.3) is 0 Å².